The lowest BCUT2D eigenvalue weighted by Gasteiger charge is -2.39. The molecule has 5 nitrogen and oxygen atoms in total. The third-order valence-electron chi connectivity index (χ3n) is 6.03. The first-order chi connectivity index (χ1) is 13.5. The molecule has 28 heavy (non-hydrogen) atoms. The van der Waals surface area contributed by atoms with E-state index in [0.717, 1.165) is 22.0 Å². The Kier molecular flexibility index (Phi) is 4.67. The van der Waals surface area contributed by atoms with Crippen LogP contribution in [0.4, 0.5) is 0 Å². The number of fused-ring (bicyclic) bond motifs is 1. The summed E-state index contributed by atoms with van der Waals surface area (Å²) in [5.41, 5.74) is 2.04. The van der Waals surface area contributed by atoms with E-state index >= 15 is 0 Å². The molecular formula is C23H24N2O3. The second-order valence-electron chi connectivity index (χ2n) is 7.59. The van der Waals surface area contributed by atoms with E-state index in [0.29, 0.717) is 32.4 Å². The molecule has 1 aliphatic heterocycles. The Hall–Kier alpha value is -3.08. The van der Waals surface area contributed by atoms with Crippen LogP contribution in [0.1, 0.15) is 24.0 Å². The summed E-state index contributed by atoms with van der Waals surface area (Å²) in [4.78, 5) is 26.8. The number of nitrogens with zero attached hydrogens (tertiary/aromatic N) is 2. The zero-order valence-electron chi connectivity index (χ0n) is 16.0. The fourth-order valence-corrected chi connectivity index (χ4v) is 4.36. The van der Waals surface area contributed by atoms with Crippen molar-refractivity contribution in [2.24, 2.45) is 7.05 Å². The highest BCUT2D eigenvalue weighted by atomic mass is 16.4. The van der Waals surface area contributed by atoms with Crippen molar-refractivity contribution in [3.05, 3.63) is 71.9 Å². The highest BCUT2D eigenvalue weighted by Crippen LogP contribution is 2.36. The number of piperidine rings is 1. The number of rotatable bonds is 4. The zero-order valence-corrected chi connectivity index (χ0v) is 16.0. The molecule has 144 valence electrons. The van der Waals surface area contributed by atoms with Gasteiger partial charge in [-0.25, -0.2) is 0 Å². The van der Waals surface area contributed by atoms with Crippen LogP contribution in [-0.4, -0.2) is 39.5 Å². The average molecular weight is 376 g/mol. The minimum atomic E-state index is -0.905. The molecule has 1 aromatic heterocycles. The van der Waals surface area contributed by atoms with Gasteiger partial charge in [0.15, 0.2) is 0 Å². The van der Waals surface area contributed by atoms with Crippen molar-refractivity contribution >= 4 is 22.8 Å². The quantitative estimate of drug-likeness (QED) is 0.759. The highest BCUT2D eigenvalue weighted by Gasteiger charge is 2.43. The van der Waals surface area contributed by atoms with Gasteiger partial charge in [-0.2, -0.15) is 0 Å². The lowest BCUT2D eigenvalue weighted by molar-refractivity contribution is -0.148. The van der Waals surface area contributed by atoms with Crippen molar-refractivity contribution in [1.29, 1.82) is 0 Å². The molecule has 0 saturated carbocycles. The average Bonchev–Trinajstić information content (AvgIpc) is 3.04. The van der Waals surface area contributed by atoms with Gasteiger partial charge in [-0.05, 0) is 30.0 Å². The molecule has 1 N–H and O–H groups in total. The minimum Gasteiger partial charge on any atom is -0.481 e. The van der Waals surface area contributed by atoms with Gasteiger partial charge >= 0.3 is 5.97 Å². The van der Waals surface area contributed by atoms with Gasteiger partial charge in [0.1, 0.15) is 0 Å². The van der Waals surface area contributed by atoms with Crippen LogP contribution < -0.4 is 0 Å². The second-order valence-corrected chi connectivity index (χ2v) is 7.59. The fourth-order valence-electron chi connectivity index (χ4n) is 4.36. The Morgan fingerprint density at radius 1 is 1.00 bits per heavy atom. The Bertz CT molecular complexity index is 1010. The van der Waals surface area contributed by atoms with Crippen molar-refractivity contribution in [2.45, 2.75) is 24.7 Å². The molecule has 4 rings (SSSR count). The van der Waals surface area contributed by atoms with E-state index in [9.17, 15) is 14.7 Å². The number of hydrogen-bond donors (Lipinski definition) is 1. The van der Waals surface area contributed by atoms with Crippen LogP contribution in [0.5, 0.6) is 0 Å². The number of likely N-dealkylation sites (tertiary alicyclic amines) is 1. The molecule has 0 bridgehead atoms. The van der Waals surface area contributed by atoms with Crippen LogP contribution in [-0.2, 0) is 28.5 Å². The number of aryl methyl sites for hydroxylation is 1. The van der Waals surface area contributed by atoms with Crippen LogP contribution in [0.2, 0.25) is 0 Å². The van der Waals surface area contributed by atoms with Gasteiger partial charge in [0, 0.05) is 37.2 Å². The number of carbonyl (C=O) groups is 2. The number of carboxylic acids is 1. The van der Waals surface area contributed by atoms with Crippen molar-refractivity contribution in [3.63, 3.8) is 0 Å². The first kappa shape index (κ1) is 18.3. The molecule has 5 heteroatoms. The smallest absolute Gasteiger partial charge is 0.314 e. The Balaban J connectivity index is 1.50. The minimum absolute atomic E-state index is 0.0587. The van der Waals surface area contributed by atoms with Gasteiger partial charge in [-0.15, -0.1) is 0 Å². The number of amides is 1. The molecule has 2 heterocycles. The summed E-state index contributed by atoms with van der Waals surface area (Å²) < 4.78 is 2.04. The monoisotopic (exact) mass is 376 g/mol. The summed E-state index contributed by atoms with van der Waals surface area (Å²) in [6, 6.07) is 17.5. The Morgan fingerprint density at radius 2 is 1.64 bits per heavy atom. The topological polar surface area (TPSA) is 62.5 Å². The molecule has 2 aromatic carbocycles. The maximum Gasteiger partial charge on any atom is 0.314 e. The molecule has 0 aliphatic carbocycles. The van der Waals surface area contributed by atoms with Gasteiger partial charge in [0.2, 0.25) is 5.91 Å². The first-order valence-corrected chi connectivity index (χ1v) is 9.61. The molecule has 0 spiro atoms. The highest BCUT2D eigenvalue weighted by molar-refractivity contribution is 5.89. The van der Waals surface area contributed by atoms with E-state index in [1.165, 1.54) is 0 Å². The molecule has 1 amide bonds. The summed E-state index contributed by atoms with van der Waals surface area (Å²) in [6.45, 7) is 0.926. The van der Waals surface area contributed by atoms with Crippen LogP contribution in [0, 0.1) is 0 Å². The predicted octanol–water partition coefficient (Wildman–Crippen LogP) is 3.37. The van der Waals surface area contributed by atoms with Crippen LogP contribution >= 0.6 is 0 Å². The normalized spacial score (nSPS) is 16.2. The standard InChI is InChI=1S/C23H24N2O3/c1-24-16-17(19-9-5-6-10-20(19)24)15-21(26)25-13-11-23(12-14-25,22(27)28)18-7-3-2-4-8-18/h2-10,16H,11-15H2,1H3,(H,27,28). The summed E-state index contributed by atoms with van der Waals surface area (Å²) in [5.74, 6) is -0.747. The number of hydrogen-bond acceptors (Lipinski definition) is 2. The maximum absolute atomic E-state index is 12.9. The number of benzene rings is 2. The molecule has 1 fully saturated rings. The number of carboxylic acid groups (broad SMARTS) is 1. The van der Waals surface area contributed by atoms with E-state index in [1.54, 1.807) is 0 Å². The first-order valence-electron chi connectivity index (χ1n) is 9.61. The molecule has 0 atom stereocenters. The van der Waals surface area contributed by atoms with Gasteiger partial charge in [0.05, 0.1) is 11.8 Å². The van der Waals surface area contributed by atoms with Crippen molar-refractivity contribution < 1.29 is 14.7 Å². The Morgan fingerprint density at radius 3 is 2.32 bits per heavy atom. The molecular weight excluding hydrogens is 352 g/mol. The predicted molar refractivity (Wildman–Crippen MR) is 108 cm³/mol. The molecule has 0 unspecified atom stereocenters. The largest absolute Gasteiger partial charge is 0.481 e. The number of carbonyl (C=O) groups excluding carboxylic acids is 1. The number of para-hydroxylation sites is 1. The van der Waals surface area contributed by atoms with Crippen molar-refractivity contribution in [2.75, 3.05) is 13.1 Å². The summed E-state index contributed by atoms with van der Waals surface area (Å²) in [5, 5.41) is 11.0. The molecule has 0 radical (unpaired) electrons. The third kappa shape index (κ3) is 3.07. The number of aromatic nitrogens is 1. The third-order valence-corrected chi connectivity index (χ3v) is 6.03. The van der Waals surface area contributed by atoms with E-state index in [4.69, 9.17) is 0 Å². The lowest BCUT2D eigenvalue weighted by atomic mass is 9.73. The summed E-state index contributed by atoms with van der Waals surface area (Å²) in [6.07, 6.45) is 3.23. The number of aliphatic carboxylic acids is 1. The molecule has 1 saturated heterocycles. The zero-order chi connectivity index (χ0) is 19.7. The van der Waals surface area contributed by atoms with Gasteiger partial charge < -0.3 is 14.6 Å². The van der Waals surface area contributed by atoms with Crippen LogP contribution in [0.15, 0.2) is 60.8 Å². The van der Waals surface area contributed by atoms with Gasteiger partial charge in [-0.1, -0.05) is 48.5 Å². The van der Waals surface area contributed by atoms with Crippen LogP contribution in [0.3, 0.4) is 0 Å². The van der Waals surface area contributed by atoms with E-state index < -0.39 is 11.4 Å². The lowest BCUT2D eigenvalue weighted by Crippen LogP contribution is -2.49. The van der Waals surface area contributed by atoms with Crippen LogP contribution in [0.25, 0.3) is 10.9 Å². The SMILES string of the molecule is Cn1cc(CC(=O)N2CCC(C(=O)O)(c3ccccc3)CC2)c2ccccc21. The van der Waals surface area contributed by atoms with Crippen molar-refractivity contribution in [1.82, 2.24) is 9.47 Å². The van der Waals surface area contributed by atoms with E-state index in [1.807, 2.05) is 77.3 Å². The van der Waals surface area contributed by atoms with Gasteiger partial charge in [-0.3, -0.25) is 9.59 Å². The fraction of sp³-hybridized carbons (Fsp3) is 0.304. The van der Waals surface area contributed by atoms with Gasteiger partial charge in [0.25, 0.3) is 0 Å². The molecule has 3 aromatic rings. The molecule has 1 aliphatic rings. The summed E-state index contributed by atoms with van der Waals surface area (Å²) in [7, 11) is 1.98. The maximum atomic E-state index is 12.9. The van der Waals surface area contributed by atoms with E-state index in [2.05, 4.69) is 0 Å². The Labute approximate surface area is 164 Å². The van der Waals surface area contributed by atoms with E-state index in [-0.39, 0.29) is 5.91 Å². The second kappa shape index (κ2) is 7.15. The van der Waals surface area contributed by atoms with Crippen molar-refractivity contribution in [3.8, 4) is 0 Å². The summed E-state index contributed by atoms with van der Waals surface area (Å²) >= 11 is 0.